The lowest BCUT2D eigenvalue weighted by Gasteiger charge is -2.28. The Morgan fingerprint density at radius 3 is 2.50 bits per heavy atom. The molecule has 84 valence electrons. The van der Waals surface area contributed by atoms with E-state index in [1.54, 1.807) is 6.26 Å². The maximum absolute atomic E-state index is 11.1. The Kier molecular flexibility index (Phi) is 3.98. The fourth-order valence-corrected chi connectivity index (χ4v) is 2.47. The van der Waals surface area contributed by atoms with E-state index in [2.05, 4.69) is 12.9 Å². The average molecular weight is 220 g/mol. The lowest BCUT2D eigenvalue weighted by atomic mass is 10.3. The summed E-state index contributed by atoms with van der Waals surface area (Å²) in [6.45, 7) is 4.28. The van der Waals surface area contributed by atoms with Crippen LogP contribution in [-0.4, -0.2) is 54.1 Å². The molecule has 0 saturated carbocycles. The van der Waals surface area contributed by atoms with Gasteiger partial charge in [-0.15, -0.1) is 0 Å². The molecule has 0 aliphatic carbocycles. The minimum Gasteiger partial charge on any atom is -0.326 e. The van der Waals surface area contributed by atoms with Crippen molar-refractivity contribution in [1.29, 1.82) is 0 Å². The van der Waals surface area contributed by atoms with Gasteiger partial charge in [0.1, 0.15) is 0 Å². The van der Waals surface area contributed by atoms with Gasteiger partial charge in [-0.2, -0.15) is 0 Å². The van der Waals surface area contributed by atoms with E-state index in [0.29, 0.717) is 6.61 Å². The van der Waals surface area contributed by atoms with Crippen LogP contribution in [0.1, 0.15) is 19.3 Å². The van der Waals surface area contributed by atoms with Crippen LogP contribution in [0.15, 0.2) is 0 Å². The molecular formula is C10H22NO2S+. The largest absolute Gasteiger partial charge is 0.326 e. The quantitative estimate of drug-likeness (QED) is 0.391. The highest BCUT2D eigenvalue weighted by atomic mass is 32.2. The van der Waals surface area contributed by atoms with Crippen LogP contribution in [0.2, 0.25) is 0 Å². The molecule has 1 heterocycles. The molecule has 0 aromatic rings. The summed E-state index contributed by atoms with van der Waals surface area (Å²) in [6.07, 6.45) is 5.21. The first-order valence-corrected chi connectivity index (χ1v) is 7.28. The first-order chi connectivity index (χ1) is 6.41. The van der Waals surface area contributed by atoms with Crippen LogP contribution in [-0.2, 0) is 14.0 Å². The second-order valence-electron chi connectivity index (χ2n) is 4.60. The molecule has 3 nitrogen and oxygen atoms in total. The third-order valence-corrected chi connectivity index (χ3v) is 3.49. The topological polar surface area (TPSA) is 26.3 Å². The molecule has 0 radical (unpaired) electrons. The van der Waals surface area contributed by atoms with E-state index in [-0.39, 0.29) is 0 Å². The van der Waals surface area contributed by atoms with Crippen molar-refractivity contribution < 1.29 is 12.9 Å². The van der Waals surface area contributed by atoms with Crippen LogP contribution >= 0.6 is 0 Å². The fraction of sp³-hybridized carbons (Fsp3) is 0.900. The van der Waals surface area contributed by atoms with Crippen molar-refractivity contribution >= 4 is 15.7 Å². The standard InChI is InChI=1S/C10H22NO2S/c1-11(7-4-5-8-11)9-6-10-13-14(2,3)12/h2,4-10H2,1,3H3/q+1. The Bertz CT molecular complexity index is 266. The molecule has 1 unspecified atom stereocenters. The molecule has 4 heteroatoms. The smallest absolute Gasteiger partial charge is 0.0807 e. The summed E-state index contributed by atoms with van der Waals surface area (Å²) in [6, 6.07) is 0. The Hall–Kier alpha value is -0.0600. The predicted octanol–water partition coefficient (Wildman–Crippen LogP) is 0.895. The molecule has 1 aliphatic rings. The van der Waals surface area contributed by atoms with Gasteiger partial charge in [-0.25, -0.2) is 4.21 Å². The van der Waals surface area contributed by atoms with Gasteiger partial charge in [-0.05, 0) is 5.87 Å². The van der Waals surface area contributed by atoms with Gasteiger partial charge in [0, 0.05) is 25.5 Å². The van der Waals surface area contributed by atoms with E-state index in [1.807, 2.05) is 0 Å². The zero-order valence-electron chi connectivity index (χ0n) is 9.33. The van der Waals surface area contributed by atoms with Crippen molar-refractivity contribution in [3.8, 4) is 0 Å². The lowest BCUT2D eigenvalue weighted by Crippen LogP contribution is -2.41. The minimum atomic E-state index is -2.25. The van der Waals surface area contributed by atoms with E-state index in [0.717, 1.165) is 17.4 Å². The van der Waals surface area contributed by atoms with E-state index >= 15 is 0 Å². The van der Waals surface area contributed by atoms with Crippen molar-refractivity contribution in [2.24, 2.45) is 0 Å². The van der Waals surface area contributed by atoms with Crippen LogP contribution in [0, 0.1) is 0 Å². The van der Waals surface area contributed by atoms with Gasteiger partial charge in [-0.1, -0.05) is 0 Å². The summed E-state index contributed by atoms with van der Waals surface area (Å²) in [4.78, 5) is 0. The van der Waals surface area contributed by atoms with Crippen LogP contribution in [0.4, 0.5) is 0 Å². The average Bonchev–Trinajstić information content (AvgIpc) is 2.45. The molecule has 1 saturated heterocycles. The minimum absolute atomic E-state index is 0.576. The number of hydrogen-bond acceptors (Lipinski definition) is 2. The summed E-state index contributed by atoms with van der Waals surface area (Å²) in [5.41, 5.74) is 0. The summed E-state index contributed by atoms with van der Waals surface area (Å²) >= 11 is 0. The zero-order chi connectivity index (χ0) is 10.7. The Morgan fingerprint density at radius 2 is 2.00 bits per heavy atom. The molecule has 0 amide bonds. The van der Waals surface area contributed by atoms with Gasteiger partial charge in [-0.3, -0.25) is 4.18 Å². The van der Waals surface area contributed by atoms with Crippen LogP contribution in [0.5, 0.6) is 0 Å². The highest BCUT2D eigenvalue weighted by Crippen LogP contribution is 2.16. The summed E-state index contributed by atoms with van der Waals surface area (Å²) in [7, 11) is 0.0455. The molecule has 0 bridgehead atoms. The predicted molar refractivity (Wildman–Crippen MR) is 61.8 cm³/mol. The summed E-state index contributed by atoms with van der Waals surface area (Å²) < 4.78 is 17.4. The van der Waals surface area contributed by atoms with Crippen molar-refractivity contribution in [3.63, 3.8) is 0 Å². The van der Waals surface area contributed by atoms with Crippen molar-refractivity contribution in [2.75, 3.05) is 39.5 Å². The molecule has 1 fully saturated rings. The van der Waals surface area contributed by atoms with Gasteiger partial charge in [0.15, 0.2) is 0 Å². The first kappa shape index (κ1) is 12.0. The third kappa shape index (κ3) is 4.44. The van der Waals surface area contributed by atoms with E-state index < -0.39 is 9.80 Å². The number of nitrogens with zero attached hydrogens (tertiary/aromatic N) is 1. The second-order valence-corrected chi connectivity index (χ2v) is 6.69. The highest BCUT2D eigenvalue weighted by Gasteiger charge is 2.25. The molecule has 0 spiro atoms. The third-order valence-electron chi connectivity index (χ3n) is 2.82. The zero-order valence-corrected chi connectivity index (χ0v) is 10.1. The van der Waals surface area contributed by atoms with Gasteiger partial charge < -0.3 is 4.48 Å². The molecule has 1 atom stereocenters. The molecule has 1 rings (SSSR count). The van der Waals surface area contributed by atoms with Crippen molar-refractivity contribution in [1.82, 2.24) is 0 Å². The Balaban J connectivity index is 2.15. The lowest BCUT2D eigenvalue weighted by molar-refractivity contribution is -0.897. The van der Waals surface area contributed by atoms with E-state index in [4.69, 9.17) is 4.18 Å². The van der Waals surface area contributed by atoms with Crippen LogP contribution in [0.25, 0.3) is 0 Å². The van der Waals surface area contributed by atoms with Gasteiger partial charge >= 0.3 is 0 Å². The van der Waals surface area contributed by atoms with Gasteiger partial charge in [0.2, 0.25) is 0 Å². The molecule has 14 heavy (non-hydrogen) atoms. The number of rotatable bonds is 5. The SMILES string of the molecule is C=S(C)(=O)OCCC[N+]1(C)CCCC1. The van der Waals surface area contributed by atoms with E-state index in [1.165, 1.54) is 25.9 Å². The summed E-state index contributed by atoms with van der Waals surface area (Å²) in [5, 5.41) is 0. The van der Waals surface area contributed by atoms with Gasteiger partial charge in [0.05, 0.1) is 43.1 Å². The normalized spacial score (nSPS) is 24.7. The van der Waals surface area contributed by atoms with Crippen LogP contribution < -0.4 is 0 Å². The molecule has 0 aromatic carbocycles. The highest BCUT2D eigenvalue weighted by molar-refractivity contribution is 7.95. The van der Waals surface area contributed by atoms with Crippen LogP contribution in [0.3, 0.4) is 0 Å². The second kappa shape index (κ2) is 4.64. The molecule has 0 aromatic heterocycles. The summed E-state index contributed by atoms with van der Waals surface area (Å²) in [5.74, 6) is 3.46. The fourth-order valence-electron chi connectivity index (χ4n) is 2.00. The maximum atomic E-state index is 11.1. The Labute approximate surface area is 87.9 Å². The number of hydrogen-bond donors (Lipinski definition) is 0. The number of likely N-dealkylation sites (tertiary alicyclic amines) is 1. The molecule has 1 aliphatic heterocycles. The van der Waals surface area contributed by atoms with Crippen molar-refractivity contribution in [2.45, 2.75) is 19.3 Å². The monoisotopic (exact) mass is 220 g/mol. The van der Waals surface area contributed by atoms with Crippen molar-refractivity contribution in [3.05, 3.63) is 0 Å². The first-order valence-electron chi connectivity index (χ1n) is 5.21. The number of quaternary nitrogens is 1. The molecule has 0 N–H and O–H groups in total. The maximum Gasteiger partial charge on any atom is 0.0807 e. The van der Waals surface area contributed by atoms with Gasteiger partial charge in [0.25, 0.3) is 0 Å². The molecular weight excluding hydrogens is 198 g/mol. The Morgan fingerprint density at radius 1 is 1.43 bits per heavy atom. The van der Waals surface area contributed by atoms with E-state index in [9.17, 15) is 4.21 Å².